The van der Waals surface area contributed by atoms with E-state index in [4.69, 9.17) is 9.15 Å². The summed E-state index contributed by atoms with van der Waals surface area (Å²) in [5.74, 6) is 2.81. The molecule has 0 spiro atoms. The smallest absolute Gasteiger partial charge is 0.213 e. The van der Waals surface area contributed by atoms with Gasteiger partial charge in [0.25, 0.3) is 0 Å². The molecule has 0 saturated heterocycles. The van der Waals surface area contributed by atoms with Crippen LogP contribution in [0.25, 0.3) is 0 Å². The van der Waals surface area contributed by atoms with E-state index < -0.39 is 0 Å². The highest BCUT2D eigenvalue weighted by atomic mass is 16.5. The normalized spacial score (nSPS) is 12.1. The molecule has 0 fully saturated rings. The Balaban J connectivity index is 1.96. The summed E-state index contributed by atoms with van der Waals surface area (Å²) < 4.78 is 10.8. The van der Waals surface area contributed by atoms with Crippen LogP contribution in [0.2, 0.25) is 0 Å². The third kappa shape index (κ3) is 5.77. The van der Waals surface area contributed by atoms with Crippen LogP contribution in [0.1, 0.15) is 44.9 Å². The zero-order valence-electron chi connectivity index (χ0n) is 15.6. The highest BCUT2D eigenvalue weighted by molar-refractivity contribution is 5.79. The molecule has 2 N–H and O–H groups in total. The predicted octanol–water partition coefficient (Wildman–Crippen LogP) is 2.63. The van der Waals surface area contributed by atoms with Crippen molar-refractivity contribution in [2.75, 3.05) is 13.7 Å². The van der Waals surface area contributed by atoms with Gasteiger partial charge in [-0.1, -0.05) is 26.8 Å². The number of hydrogen-bond donors (Lipinski definition) is 2. The number of nitrogens with zero attached hydrogens (tertiary/aromatic N) is 3. The summed E-state index contributed by atoms with van der Waals surface area (Å²) in [4.78, 5) is 13.1. The second-order valence-corrected chi connectivity index (χ2v) is 6.63. The Hall–Kier alpha value is -2.57. The number of aliphatic imine (C=N–C) groups is 1. The summed E-state index contributed by atoms with van der Waals surface area (Å²) >= 11 is 0. The first-order chi connectivity index (χ1) is 11.9. The predicted molar refractivity (Wildman–Crippen MR) is 97.6 cm³/mol. The number of oxazole rings is 1. The molecule has 0 unspecified atom stereocenters. The molecule has 2 rings (SSSR count). The Morgan fingerprint density at radius 3 is 2.56 bits per heavy atom. The number of nitrogens with one attached hydrogen (secondary N) is 2. The fourth-order valence-electron chi connectivity index (χ4n) is 2.04. The van der Waals surface area contributed by atoms with Crippen LogP contribution in [-0.2, 0) is 18.5 Å². The topological polar surface area (TPSA) is 84.6 Å². The van der Waals surface area contributed by atoms with Crippen LogP contribution >= 0.6 is 0 Å². The quantitative estimate of drug-likeness (QED) is 0.618. The van der Waals surface area contributed by atoms with Crippen LogP contribution in [0, 0.1) is 0 Å². The third-order valence-electron chi connectivity index (χ3n) is 3.47. The summed E-state index contributed by atoms with van der Waals surface area (Å²) in [7, 11) is 1.60. The van der Waals surface area contributed by atoms with E-state index in [0.29, 0.717) is 30.8 Å². The molecule has 0 bridgehead atoms. The van der Waals surface area contributed by atoms with Gasteiger partial charge in [0.2, 0.25) is 11.8 Å². The lowest BCUT2D eigenvalue weighted by Gasteiger charge is -2.13. The van der Waals surface area contributed by atoms with Crippen molar-refractivity contribution in [1.82, 2.24) is 20.6 Å². The van der Waals surface area contributed by atoms with Gasteiger partial charge in [-0.25, -0.2) is 15.0 Å². The second-order valence-electron chi connectivity index (χ2n) is 6.63. The molecule has 136 valence electrons. The van der Waals surface area contributed by atoms with Crippen molar-refractivity contribution in [3.63, 3.8) is 0 Å². The second kappa shape index (κ2) is 8.50. The van der Waals surface area contributed by atoms with Crippen molar-refractivity contribution < 1.29 is 9.15 Å². The van der Waals surface area contributed by atoms with Crippen LogP contribution in [0.15, 0.2) is 33.9 Å². The highest BCUT2D eigenvalue weighted by Gasteiger charge is 2.19. The monoisotopic (exact) mass is 345 g/mol. The van der Waals surface area contributed by atoms with Gasteiger partial charge in [0.15, 0.2) is 5.96 Å². The maximum atomic E-state index is 5.78. The summed E-state index contributed by atoms with van der Waals surface area (Å²) in [5, 5.41) is 6.44. The standard InChI is InChI=1S/C18H27N5O2/c1-6-19-17(22-10-13-7-8-15(24-5)20-9-13)23-12-16-21-11-14(25-16)18(2,3)4/h7-9,11H,6,10,12H2,1-5H3,(H2,19,22,23). The summed E-state index contributed by atoms with van der Waals surface area (Å²) in [5.41, 5.74) is 0.953. The number of aromatic nitrogens is 2. The number of methoxy groups -OCH3 is 1. The first-order valence-electron chi connectivity index (χ1n) is 8.38. The van der Waals surface area contributed by atoms with Crippen LogP contribution in [0.4, 0.5) is 0 Å². The number of pyridine rings is 1. The van der Waals surface area contributed by atoms with Crippen molar-refractivity contribution in [2.24, 2.45) is 4.99 Å². The van der Waals surface area contributed by atoms with Gasteiger partial charge in [-0.05, 0) is 12.5 Å². The zero-order chi connectivity index (χ0) is 18.3. The molecule has 0 radical (unpaired) electrons. The number of rotatable bonds is 6. The van der Waals surface area contributed by atoms with Crippen molar-refractivity contribution in [2.45, 2.75) is 46.2 Å². The van der Waals surface area contributed by atoms with Crippen molar-refractivity contribution in [1.29, 1.82) is 0 Å². The largest absolute Gasteiger partial charge is 0.481 e. The van der Waals surface area contributed by atoms with E-state index in [1.807, 2.05) is 19.1 Å². The van der Waals surface area contributed by atoms with Gasteiger partial charge < -0.3 is 19.8 Å². The molecule has 0 aliphatic rings. The van der Waals surface area contributed by atoms with E-state index in [1.54, 1.807) is 19.5 Å². The minimum atomic E-state index is -0.0504. The molecule has 7 heteroatoms. The van der Waals surface area contributed by atoms with Crippen molar-refractivity contribution in [3.05, 3.63) is 41.7 Å². The van der Waals surface area contributed by atoms with Crippen molar-refractivity contribution >= 4 is 5.96 Å². The molecular weight excluding hydrogens is 318 g/mol. The minimum absolute atomic E-state index is 0.0504. The highest BCUT2D eigenvalue weighted by Crippen LogP contribution is 2.22. The molecule has 7 nitrogen and oxygen atoms in total. The molecule has 0 amide bonds. The lowest BCUT2D eigenvalue weighted by atomic mass is 9.94. The average Bonchev–Trinajstić information content (AvgIpc) is 3.07. The molecule has 0 aliphatic carbocycles. The van der Waals surface area contributed by atoms with Gasteiger partial charge in [-0.2, -0.15) is 0 Å². The molecule has 0 aliphatic heterocycles. The zero-order valence-corrected chi connectivity index (χ0v) is 15.6. The maximum Gasteiger partial charge on any atom is 0.213 e. The fourth-order valence-corrected chi connectivity index (χ4v) is 2.04. The van der Waals surface area contributed by atoms with E-state index in [2.05, 4.69) is 46.4 Å². The summed E-state index contributed by atoms with van der Waals surface area (Å²) in [6.45, 7) is 10.1. The molecular formula is C18H27N5O2. The van der Waals surface area contributed by atoms with Crippen LogP contribution in [0.3, 0.4) is 0 Å². The first-order valence-corrected chi connectivity index (χ1v) is 8.38. The Morgan fingerprint density at radius 1 is 1.20 bits per heavy atom. The Labute approximate surface area is 148 Å². The molecule has 25 heavy (non-hydrogen) atoms. The number of hydrogen-bond acceptors (Lipinski definition) is 5. The summed E-state index contributed by atoms with van der Waals surface area (Å²) in [6.07, 6.45) is 3.54. The Morgan fingerprint density at radius 2 is 2.00 bits per heavy atom. The lowest BCUT2D eigenvalue weighted by Crippen LogP contribution is -2.36. The Kier molecular flexibility index (Phi) is 6.38. The van der Waals surface area contributed by atoms with Gasteiger partial charge in [-0.3, -0.25) is 0 Å². The first kappa shape index (κ1) is 18.8. The van der Waals surface area contributed by atoms with E-state index in [0.717, 1.165) is 17.9 Å². The van der Waals surface area contributed by atoms with E-state index in [1.165, 1.54) is 0 Å². The maximum absolute atomic E-state index is 5.78. The number of guanidine groups is 1. The molecule has 2 aromatic rings. The van der Waals surface area contributed by atoms with E-state index in [9.17, 15) is 0 Å². The average molecular weight is 345 g/mol. The van der Waals surface area contributed by atoms with Crippen molar-refractivity contribution in [3.8, 4) is 5.88 Å². The number of ether oxygens (including phenoxy) is 1. The van der Waals surface area contributed by atoms with Gasteiger partial charge in [0.05, 0.1) is 26.4 Å². The van der Waals surface area contributed by atoms with Crippen LogP contribution < -0.4 is 15.4 Å². The van der Waals surface area contributed by atoms with Crippen LogP contribution in [-0.4, -0.2) is 29.6 Å². The van der Waals surface area contributed by atoms with Gasteiger partial charge in [0.1, 0.15) is 5.76 Å². The van der Waals surface area contributed by atoms with Gasteiger partial charge >= 0.3 is 0 Å². The molecule has 0 saturated carbocycles. The SMILES string of the molecule is CCNC(=NCc1ccc(OC)nc1)NCc1ncc(C(C)(C)C)o1. The van der Waals surface area contributed by atoms with Crippen LogP contribution in [0.5, 0.6) is 5.88 Å². The van der Waals surface area contributed by atoms with Gasteiger partial charge in [-0.15, -0.1) is 0 Å². The van der Waals surface area contributed by atoms with E-state index >= 15 is 0 Å². The lowest BCUT2D eigenvalue weighted by molar-refractivity contribution is 0.379. The molecule has 2 aromatic heterocycles. The summed E-state index contributed by atoms with van der Waals surface area (Å²) in [6, 6.07) is 3.77. The molecule has 2 heterocycles. The molecule has 0 atom stereocenters. The minimum Gasteiger partial charge on any atom is -0.481 e. The third-order valence-corrected chi connectivity index (χ3v) is 3.47. The van der Waals surface area contributed by atoms with Gasteiger partial charge in [0, 0.05) is 24.2 Å². The molecule has 0 aromatic carbocycles. The van der Waals surface area contributed by atoms with E-state index in [-0.39, 0.29) is 5.41 Å². The Bertz CT molecular complexity index is 686. The fraction of sp³-hybridized carbons (Fsp3) is 0.500.